The summed E-state index contributed by atoms with van der Waals surface area (Å²) in [6.45, 7) is 0.593. The number of amides is 1. The summed E-state index contributed by atoms with van der Waals surface area (Å²) < 4.78 is 5.59. The fourth-order valence-corrected chi connectivity index (χ4v) is 1.75. The van der Waals surface area contributed by atoms with Crippen molar-refractivity contribution in [1.29, 1.82) is 0 Å². The van der Waals surface area contributed by atoms with Gasteiger partial charge in [0.05, 0.1) is 6.61 Å². The van der Waals surface area contributed by atoms with Crippen molar-refractivity contribution in [1.82, 2.24) is 0 Å². The second-order valence-corrected chi connectivity index (χ2v) is 3.93. The third-order valence-corrected chi connectivity index (χ3v) is 2.59. The molecule has 17 heavy (non-hydrogen) atoms. The van der Waals surface area contributed by atoms with E-state index in [0.29, 0.717) is 25.0 Å². The monoisotopic (exact) mass is 229 g/mol. The molecule has 2 N–H and O–H groups in total. The Morgan fingerprint density at radius 1 is 1.29 bits per heavy atom. The number of rotatable bonds is 3. The van der Waals surface area contributed by atoms with Crippen molar-refractivity contribution in [3.8, 4) is 0 Å². The Kier molecular flexibility index (Phi) is 3.60. The topological polar surface area (TPSA) is 52.3 Å². The fourth-order valence-electron chi connectivity index (χ4n) is 1.75. The predicted molar refractivity (Wildman–Crippen MR) is 66.1 cm³/mol. The maximum absolute atomic E-state index is 11.2. The van der Waals surface area contributed by atoms with Crippen LogP contribution in [0.15, 0.2) is 53.8 Å². The van der Waals surface area contributed by atoms with E-state index in [0.717, 1.165) is 11.3 Å². The van der Waals surface area contributed by atoms with Crippen LogP contribution in [0, 0.1) is 0 Å². The largest absolute Gasteiger partial charge is 0.497 e. The molecule has 1 aliphatic rings. The molecule has 0 aliphatic carbocycles. The van der Waals surface area contributed by atoms with Gasteiger partial charge < -0.3 is 10.5 Å². The van der Waals surface area contributed by atoms with E-state index in [4.69, 9.17) is 10.5 Å². The number of carbonyl (C=O) groups is 1. The minimum absolute atomic E-state index is 0.402. The molecule has 0 bridgehead atoms. The van der Waals surface area contributed by atoms with Gasteiger partial charge in [0.25, 0.3) is 0 Å². The van der Waals surface area contributed by atoms with Crippen molar-refractivity contribution in [2.75, 3.05) is 6.61 Å². The van der Waals surface area contributed by atoms with Crippen LogP contribution in [0.1, 0.15) is 12.0 Å². The average molecular weight is 229 g/mol. The summed E-state index contributed by atoms with van der Waals surface area (Å²) in [5, 5.41) is 0. The number of ether oxygens (including phenoxy) is 1. The minimum Gasteiger partial charge on any atom is -0.497 e. The first-order chi connectivity index (χ1) is 8.25. The first-order valence-corrected chi connectivity index (χ1v) is 5.63. The highest BCUT2D eigenvalue weighted by molar-refractivity contribution is 5.94. The standard InChI is InChI=1S/C14H15NO2/c15-14(16)12-7-4-8-17-13(10-12)9-11-5-2-1-3-6-11/h1-3,5-7,10H,4,8-9H2,(H2,15,16). The fraction of sp³-hybridized carbons (Fsp3) is 0.214. The Labute approximate surface area is 101 Å². The van der Waals surface area contributed by atoms with Crippen LogP contribution in [0.4, 0.5) is 0 Å². The lowest BCUT2D eigenvalue weighted by molar-refractivity contribution is -0.114. The van der Waals surface area contributed by atoms with E-state index in [1.54, 1.807) is 6.08 Å². The summed E-state index contributed by atoms with van der Waals surface area (Å²) in [4.78, 5) is 11.2. The van der Waals surface area contributed by atoms with Crippen molar-refractivity contribution in [2.45, 2.75) is 12.8 Å². The molecule has 1 heterocycles. The first kappa shape index (κ1) is 11.5. The van der Waals surface area contributed by atoms with E-state index in [1.807, 2.05) is 36.4 Å². The van der Waals surface area contributed by atoms with Crippen molar-refractivity contribution >= 4 is 5.91 Å². The zero-order valence-corrected chi connectivity index (χ0v) is 9.56. The molecule has 0 radical (unpaired) electrons. The Morgan fingerprint density at radius 3 is 2.76 bits per heavy atom. The van der Waals surface area contributed by atoms with Crippen molar-refractivity contribution in [3.63, 3.8) is 0 Å². The third kappa shape index (κ3) is 3.21. The van der Waals surface area contributed by atoms with Crippen molar-refractivity contribution in [3.05, 3.63) is 59.4 Å². The maximum atomic E-state index is 11.2. The highest BCUT2D eigenvalue weighted by atomic mass is 16.5. The Balaban J connectivity index is 2.15. The molecule has 0 saturated heterocycles. The molecule has 0 atom stereocenters. The molecule has 3 nitrogen and oxygen atoms in total. The van der Waals surface area contributed by atoms with Crippen molar-refractivity contribution < 1.29 is 9.53 Å². The lowest BCUT2D eigenvalue weighted by Crippen LogP contribution is -2.12. The number of nitrogens with two attached hydrogens (primary N) is 1. The summed E-state index contributed by atoms with van der Waals surface area (Å²) in [6, 6.07) is 10.0. The van der Waals surface area contributed by atoms with Gasteiger partial charge in [0.1, 0.15) is 5.76 Å². The Hall–Kier alpha value is -2.03. The molecule has 1 aromatic rings. The van der Waals surface area contributed by atoms with Crippen molar-refractivity contribution in [2.24, 2.45) is 5.73 Å². The molecule has 0 fully saturated rings. The van der Waals surface area contributed by atoms with E-state index in [1.165, 1.54) is 0 Å². The van der Waals surface area contributed by atoms with E-state index < -0.39 is 5.91 Å². The van der Waals surface area contributed by atoms with E-state index in [9.17, 15) is 4.79 Å². The van der Waals surface area contributed by atoms with Gasteiger partial charge in [-0.15, -0.1) is 0 Å². The van der Waals surface area contributed by atoms with E-state index in [2.05, 4.69) is 0 Å². The third-order valence-electron chi connectivity index (χ3n) is 2.59. The van der Waals surface area contributed by atoms with Gasteiger partial charge in [-0.05, 0) is 11.6 Å². The highest BCUT2D eigenvalue weighted by Crippen LogP contribution is 2.15. The van der Waals surface area contributed by atoms with Crippen LogP contribution in [-0.2, 0) is 16.0 Å². The second-order valence-electron chi connectivity index (χ2n) is 3.93. The van der Waals surface area contributed by atoms with Gasteiger partial charge in [-0.2, -0.15) is 0 Å². The highest BCUT2D eigenvalue weighted by Gasteiger charge is 2.09. The first-order valence-electron chi connectivity index (χ1n) is 5.63. The molecule has 1 amide bonds. The Morgan fingerprint density at radius 2 is 2.06 bits per heavy atom. The van der Waals surface area contributed by atoms with Crippen LogP contribution in [0.5, 0.6) is 0 Å². The van der Waals surface area contributed by atoms with Gasteiger partial charge in [0.15, 0.2) is 0 Å². The summed E-state index contributed by atoms with van der Waals surface area (Å²) in [6.07, 6.45) is 4.96. The number of benzene rings is 1. The SMILES string of the molecule is NC(=O)C1=CCCOC(Cc2ccccc2)=C1. The van der Waals surface area contributed by atoms with Gasteiger partial charge in [-0.3, -0.25) is 4.79 Å². The lowest BCUT2D eigenvalue weighted by Gasteiger charge is -2.08. The molecule has 3 heteroatoms. The summed E-state index contributed by atoms with van der Waals surface area (Å²) >= 11 is 0. The number of allylic oxidation sites excluding steroid dienone is 1. The van der Waals surface area contributed by atoms with Crippen LogP contribution < -0.4 is 5.73 Å². The number of carbonyl (C=O) groups excluding carboxylic acids is 1. The molecule has 0 saturated carbocycles. The van der Waals surface area contributed by atoms with Crippen LogP contribution >= 0.6 is 0 Å². The van der Waals surface area contributed by atoms with Gasteiger partial charge in [-0.1, -0.05) is 36.4 Å². The second kappa shape index (κ2) is 5.34. The molecule has 0 aromatic heterocycles. The molecule has 2 rings (SSSR count). The molecule has 1 aliphatic heterocycles. The molecular weight excluding hydrogens is 214 g/mol. The Bertz CT molecular complexity index is 460. The maximum Gasteiger partial charge on any atom is 0.248 e. The smallest absolute Gasteiger partial charge is 0.248 e. The zero-order chi connectivity index (χ0) is 12.1. The van der Waals surface area contributed by atoms with E-state index >= 15 is 0 Å². The number of primary amides is 1. The summed E-state index contributed by atoms with van der Waals surface area (Å²) in [7, 11) is 0. The van der Waals surface area contributed by atoms with Crippen LogP contribution in [0.25, 0.3) is 0 Å². The molecule has 0 spiro atoms. The quantitative estimate of drug-likeness (QED) is 0.861. The number of hydrogen-bond donors (Lipinski definition) is 1. The molecule has 0 unspecified atom stereocenters. The lowest BCUT2D eigenvalue weighted by atomic mass is 10.1. The van der Waals surface area contributed by atoms with E-state index in [-0.39, 0.29) is 0 Å². The van der Waals surface area contributed by atoms with Crippen LogP contribution in [-0.4, -0.2) is 12.5 Å². The summed E-state index contributed by atoms with van der Waals surface area (Å²) in [5.41, 5.74) is 6.98. The molecular formula is C14H15NO2. The van der Waals surface area contributed by atoms with Crippen LogP contribution in [0.2, 0.25) is 0 Å². The average Bonchev–Trinajstić information content (AvgIpc) is 2.56. The minimum atomic E-state index is -0.402. The molecule has 88 valence electrons. The zero-order valence-electron chi connectivity index (χ0n) is 9.56. The van der Waals surface area contributed by atoms with Gasteiger partial charge >= 0.3 is 0 Å². The van der Waals surface area contributed by atoms with Gasteiger partial charge in [0.2, 0.25) is 5.91 Å². The summed E-state index contributed by atoms with van der Waals surface area (Å²) in [5.74, 6) is 0.389. The van der Waals surface area contributed by atoms with Crippen LogP contribution in [0.3, 0.4) is 0 Å². The predicted octanol–water partition coefficient (Wildman–Crippen LogP) is 1.95. The normalized spacial score (nSPS) is 15.3. The number of hydrogen-bond acceptors (Lipinski definition) is 2. The molecule has 1 aromatic carbocycles. The van der Waals surface area contributed by atoms with Gasteiger partial charge in [-0.25, -0.2) is 0 Å². The van der Waals surface area contributed by atoms with Gasteiger partial charge in [0, 0.05) is 18.4 Å².